The van der Waals surface area contributed by atoms with Crippen molar-refractivity contribution in [1.82, 2.24) is 4.90 Å². The maximum absolute atomic E-state index is 14.2. The number of aliphatic hydroxyl groups excluding tert-OH is 4. The van der Waals surface area contributed by atoms with Crippen LogP contribution >= 0.6 is 0 Å². The number of methoxy groups -OCH3 is 1. The van der Waals surface area contributed by atoms with Crippen LogP contribution in [0.3, 0.4) is 0 Å². The van der Waals surface area contributed by atoms with Gasteiger partial charge < -0.3 is 58.9 Å². The third-order valence-electron chi connectivity index (χ3n) is 14.5. The normalized spacial score (nSPS) is 46.2. The lowest BCUT2D eigenvalue weighted by atomic mass is 9.50. The van der Waals surface area contributed by atoms with Gasteiger partial charge in [-0.2, -0.15) is 0 Å². The minimum Gasteiger partial charge on any atom is -0.471 e. The van der Waals surface area contributed by atoms with Gasteiger partial charge in [0.15, 0.2) is 12.1 Å². The van der Waals surface area contributed by atoms with Crippen molar-refractivity contribution in [2.75, 3.05) is 47.1 Å². The zero-order valence-corrected chi connectivity index (χ0v) is 30.9. The van der Waals surface area contributed by atoms with Gasteiger partial charge in [0, 0.05) is 36.3 Å². The van der Waals surface area contributed by atoms with Crippen LogP contribution in [-0.2, 0) is 38.0 Å². The molecule has 0 aromatic carbocycles. The van der Waals surface area contributed by atoms with E-state index in [4.69, 9.17) is 28.4 Å². The van der Waals surface area contributed by atoms with Gasteiger partial charge in [0.1, 0.15) is 31.0 Å². The van der Waals surface area contributed by atoms with Crippen molar-refractivity contribution in [3.05, 3.63) is 34.6 Å². The molecule has 0 amide bonds. The second kappa shape index (κ2) is 14.0. The Morgan fingerprint density at radius 2 is 1.85 bits per heavy atom. The summed E-state index contributed by atoms with van der Waals surface area (Å²) in [6, 6.07) is 0. The average Bonchev–Trinajstić information content (AvgIpc) is 3.87. The maximum atomic E-state index is 14.2. The highest BCUT2D eigenvalue weighted by Crippen LogP contribution is 2.72. The molecular formula is C39H55NO13. The first-order valence-electron chi connectivity index (χ1n) is 19.4. The first-order valence-corrected chi connectivity index (χ1v) is 19.4. The molecule has 0 aromatic heterocycles. The molecule has 8 rings (SSSR count). The zero-order chi connectivity index (χ0) is 37.4. The minimum atomic E-state index is -1.68. The van der Waals surface area contributed by atoms with E-state index in [1.54, 1.807) is 6.08 Å². The van der Waals surface area contributed by atoms with Gasteiger partial charge in [-0.1, -0.05) is 24.1 Å². The van der Waals surface area contributed by atoms with E-state index in [-0.39, 0.29) is 41.5 Å². The predicted octanol–water partition coefficient (Wildman–Crippen LogP) is 1.29. The number of esters is 2. The highest BCUT2D eigenvalue weighted by atomic mass is 16.8. The molecule has 53 heavy (non-hydrogen) atoms. The number of hydrogen-bond donors (Lipinski definition) is 5. The van der Waals surface area contributed by atoms with E-state index in [2.05, 4.69) is 11.9 Å². The lowest BCUT2D eigenvalue weighted by Gasteiger charge is -2.61. The Hall–Kier alpha value is -2.40. The van der Waals surface area contributed by atoms with Crippen molar-refractivity contribution in [2.45, 2.75) is 107 Å². The summed E-state index contributed by atoms with van der Waals surface area (Å²) < 4.78 is 35.1. The van der Waals surface area contributed by atoms with Gasteiger partial charge in [0.2, 0.25) is 6.29 Å². The summed E-state index contributed by atoms with van der Waals surface area (Å²) in [5, 5.41) is 53.9. The Bertz CT molecular complexity index is 1550. The Labute approximate surface area is 309 Å². The van der Waals surface area contributed by atoms with Crippen LogP contribution in [0.4, 0.5) is 0 Å². The Morgan fingerprint density at radius 3 is 2.57 bits per heavy atom. The van der Waals surface area contributed by atoms with Gasteiger partial charge in [-0.05, 0) is 75.8 Å². The van der Waals surface area contributed by atoms with Crippen molar-refractivity contribution < 1.29 is 63.5 Å². The summed E-state index contributed by atoms with van der Waals surface area (Å²) in [6.07, 6.45) is 1.21. The number of carbonyl (C=O) groups excluding carboxylic acids is 2. The van der Waals surface area contributed by atoms with Crippen LogP contribution in [0.2, 0.25) is 0 Å². The van der Waals surface area contributed by atoms with Crippen molar-refractivity contribution in [2.24, 2.45) is 40.4 Å². The molecule has 14 heteroatoms. The monoisotopic (exact) mass is 745 g/mol. The van der Waals surface area contributed by atoms with Crippen LogP contribution in [0.15, 0.2) is 34.6 Å². The molecular weight excluding hydrogens is 690 g/mol. The van der Waals surface area contributed by atoms with Gasteiger partial charge in [-0.3, -0.25) is 4.79 Å². The summed E-state index contributed by atoms with van der Waals surface area (Å²) >= 11 is 0. The molecule has 14 unspecified atom stereocenters. The summed E-state index contributed by atoms with van der Waals surface area (Å²) in [6.45, 7) is 3.51. The number of aliphatic hydroxyl groups is 5. The van der Waals surface area contributed by atoms with Crippen molar-refractivity contribution in [3.63, 3.8) is 0 Å². The Morgan fingerprint density at radius 1 is 1.06 bits per heavy atom. The van der Waals surface area contributed by atoms with Crippen molar-refractivity contribution in [3.8, 4) is 0 Å². The highest BCUT2D eigenvalue weighted by molar-refractivity contribution is 5.89. The van der Waals surface area contributed by atoms with Crippen LogP contribution in [0.25, 0.3) is 0 Å². The Kier molecular flexibility index (Phi) is 9.88. The molecule has 5 N–H and O–H groups in total. The second-order valence-electron chi connectivity index (χ2n) is 16.9. The third-order valence-corrected chi connectivity index (χ3v) is 14.5. The second-order valence-corrected chi connectivity index (χ2v) is 16.9. The van der Waals surface area contributed by atoms with Gasteiger partial charge >= 0.3 is 11.9 Å². The van der Waals surface area contributed by atoms with Crippen molar-refractivity contribution in [1.29, 1.82) is 0 Å². The molecule has 4 aliphatic heterocycles. The number of carbonyl (C=O) groups is 2. The smallest absolute Gasteiger partial charge is 0.337 e. The largest absolute Gasteiger partial charge is 0.471 e. The topological polar surface area (TPSA) is 194 Å². The number of hydrogen-bond acceptors (Lipinski definition) is 14. The van der Waals surface area contributed by atoms with Crippen LogP contribution in [0.5, 0.6) is 0 Å². The number of piperidine rings is 1. The first kappa shape index (κ1) is 37.5. The number of likely N-dealkylation sites (tertiary alicyclic amines) is 1. The molecule has 14 nitrogen and oxygen atoms in total. The molecule has 4 fully saturated rings. The lowest BCUT2D eigenvalue weighted by Crippen LogP contribution is -2.64. The molecule has 1 saturated carbocycles. The van der Waals surface area contributed by atoms with E-state index in [1.807, 2.05) is 6.92 Å². The SMILES string of the molecule is CCC1(O)CCC2(CO1)C1CCC3=C4C(CC3)C(C(=O)OCC3OC(OC5OC=C(C(=O)OC)C6CC=C(CO)C56)C(O)C(O)C3O)CC42CN(C)C1. The molecule has 294 valence electrons. The third kappa shape index (κ3) is 5.85. The van der Waals surface area contributed by atoms with Crippen LogP contribution in [0, 0.1) is 40.4 Å². The summed E-state index contributed by atoms with van der Waals surface area (Å²) in [7, 11) is 3.43. The predicted molar refractivity (Wildman–Crippen MR) is 184 cm³/mol. The number of nitrogens with zero attached hydrogens (tertiary/aromatic N) is 1. The molecule has 2 bridgehead atoms. The number of ether oxygens (including phenoxy) is 6. The fourth-order valence-electron chi connectivity index (χ4n) is 11.9. The van der Waals surface area contributed by atoms with E-state index in [0.717, 1.165) is 45.2 Å². The molecule has 2 spiro atoms. The van der Waals surface area contributed by atoms with E-state index in [1.165, 1.54) is 24.5 Å². The summed E-state index contributed by atoms with van der Waals surface area (Å²) in [4.78, 5) is 29.0. The molecule has 3 saturated heterocycles. The molecule has 4 heterocycles. The number of allylic oxidation sites excluding steroid dienone is 2. The molecule has 0 aromatic rings. The van der Waals surface area contributed by atoms with Gasteiger partial charge in [0.05, 0.1) is 44.0 Å². The van der Waals surface area contributed by atoms with E-state index in [9.17, 15) is 35.1 Å². The quantitative estimate of drug-likeness (QED) is 0.176. The lowest BCUT2D eigenvalue weighted by molar-refractivity contribution is -0.340. The van der Waals surface area contributed by atoms with Crippen molar-refractivity contribution >= 4 is 11.9 Å². The van der Waals surface area contributed by atoms with Crippen LogP contribution < -0.4 is 0 Å². The van der Waals surface area contributed by atoms with Gasteiger partial charge in [-0.15, -0.1) is 0 Å². The van der Waals surface area contributed by atoms with Gasteiger partial charge in [-0.25, -0.2) is 4.79 Å². The minimum absolute atomic E-state index is 0.0341. The summed E-state index contributed by atoms with van der Waals surface area (Å²) in [5.74, 6) is -3.08. The first-order chi connectivity index (χ1) is 25.4. The molecule has 4 aliphatic carbocycles. The summed E-state index contributed by atoms with van der Waals surface area (Å²) in [5.41, 5.74) is 3.29. The highest BCUT2D eigenvalue weighted by Gasteiger charge is 2.69. The van der Waals surface area contributed by atoms with Gasteiger partial charge in [0.25, 0.3) is 0 Å². The van der Waals surface area contributed by atoms with E-state index < -0.39 is 66.5 Å². The molecule has 0 radical (unpaired) electrons. The van der Waals surface area contributed by atoms with Crippen LogP contribution in [-0.4, -0.2) is 132 Å². The zero-order valence-electron chi connectivity index (χ0n) is 30.9. The average molecular weight is 746 g/mol. The Balaban J connectivity index is 0.990. The molecule has 14 atom stereocenters. The number of rotatable bonds is 8. The van der Waals surface area contributed by atoms with E-state index >= 15 is 0 Å². The van der Waals surface area contributed by atoms with Crippen LogP contribution in [0.1, 0.15) is 64.7 Å². The standard InChI is InChI=1S/C39H55NO13/c1-4-39(47)12-11-37(19-51-39)22-8-5-20-6-10-24-25(13-38(37,29(20)24)18-40(2)14-22)34(46)49-17-27-30(42)31(43)32(44)36(52-27)53-35-28-21(15-41)7-9-23(28)26(16-50-35)33(45)48-3/h7,16,22-25,27-28,30-32,35-36,41-44,47H,4-6,8-15,17-19H2,1-3H3. The fourth-order valence-corrected chi connectivity index (χ4v) is 11.9. The molecule has 8 aliphatic rings. The van der Waals surface area contributed by atoms with E-state index in [0.29, 0.717) is 43.8 Å². The maximum Gasteiger partial charge on any atom is 0.337 e. The number of fused-ring (bicyclic) bond motifs is 1. The fraction of sp³-hybridized carbons (Fsp3) is 0.795.